The lowest BCUT2D eigenvalue weighted by Gasteiger charge is -2.40. The van der Waals surface area contributed by atoms with Gasteiger partial charge in [0.15, 0.2) is 0 Å². The fraction of sp³-hybridized carbons (Fsp3) is 0.545. The van der Waals surface area contributed by atoms with Gasteiger partial charge in [0.05, 0.1) is 12.1 Å². The number of aliphatic hydroxyl groups excluding tert-OH is 1. The lowest BCUT2D eigenvalue weighted by Crippen LogP contribution is -2.58. The number of likely N-dealkylation sites (tertiary alicyclic amines) is 1. The largest absolute Gasteiger partial charge is 0.389 e. The molecule has 0 saturated carbocycles. The highest BCUT2D eigenvalue weighted by Gasteiger charge is 2.37. The molecule has 2 aliphatic rings. The first-order chi connectivity index (χ1) is 20.6. The lowest BCUT2D eigenvalue weighted by molar-refractivity contribution is -0.130. The Hall–Kier alpha value is -3.37. The molecule has 2 fully saturated rings. The van der Waals surface area contributed by atoms with E-state index in [1.165, 1.54) is 12.1 Å². The first kappa shape index (κ1) is 32.5. The number of hydrogen-bond acceptors (Lipinski definition) is 5. The van der Waals surface area contributed by atoms with Crippen LogP contribution in [0.1, 0.15) is 84.2 Å². The Morgan fingerprint density at radius 2 is 1.74 bits per heavy atom. The molecule has 4 atom stereocenters. The van der Waals surface area contributed by atoms with E-state index in [0.29, 0.717) is 50.1 Å². The number of carbonyl (C=O) groups excluding carboxylic acids is 3. The van der Waals surface area contributed by atoms with Gasteiger partial charge in [0.2, 0.25) is 5.91 Å². The third kappa shape index (κ3) is 8.38. The summed E-state index contributed by atoms with van der Waals surface area (Å²) in [4.78, 5) is 43.0. The van der Waals surface area contributed by atoms with Gasteiger partial charge in [0.1, 0.15) is 11.6 Å². The van der Waals surface area contributed by atoms with Crippen LogP contribution in [0.2, 0.25) is 0 Å². The molecule has 0 spiro atoms. The molecule has 3 unspecified atom stereocenters. The van der Waals surface area contributed by atoms with Crippen LogP contribution < -0.4 is 10.6 Å². The van der Waals surface area contributed by atoms with Crippen LogP contribution in [0.4, 0.5) is 8.78 Å². The second-order valence-corrected chi connectivity index (χ2v) is 11.9. The second kappa shape index (κ2) is 14.9. The van der Waals surface area contributed by atoms with Gasteiger partial charge >= 0.3 is 0 Å². The maximum atomic E-state index is 14.1. The molecule has 2 aliphatic heterocycles. The molecule has 3 N–H and O–H groups in total. The van der Waals surface area contributed by atoms with Gasteiger partial charge in [0, 0.05) is 55.3 Å². The molecule has 8 nitrogen and oxygen atoms in total. The van der Waals surface area contributed by atoms with Crippen molar-refractivity contribution in [3.8, 4) is 0 Å². The average Bonchev–Trinajstić information content (AvgIpc) is 3.41. The third-order valence-corrected chi connectivity index (χ3v) is 8.34. The van der Waals surface area contributed by atoms with Gasteiger partial charge in [-0.2, -0.15) is 0 Å². The standard InChI is InChI=1S/C33H44F2N4O4/c1-4-10-38(11-5-2)33(43)24-14-21(3)13-23(18-24)32(42)37-29(17-22-15-25(34)19-26(35)16-22)31(41)28-20-27(8-9-36-28)39-12-6-7-30(39)40/h13-16,18-19,27-29,31,36,41H,4-12,17,20H2,1-3H3,(H,37,42)/t27?,28?,29?,31-/m1/s1. The minimum Gasteiger partial charge on any atom is -0.389 e. The van der Waals surface area contributed by atoms with Crippen molar-refractivity contribution in [3.63, 3.8) is 0 Å². The number of amides is 3. The molecule has 0 bridgehead atoms. The Balaban J connectivity index is 1.58. The number of nitrogens with one attached hydrogen (secondary N) is 2. The molecule has 0 aliphatic carbocycles. The Morgan fingerprint density at radius 3 is 2.37 bits per heavy atom. The van der Waals surface area contributed by atoms with Crippen LogP contribution in [0.5, 0.6) is 0 Å². The number of piperidine rings is 1. The molecule has 2 heterocycles. The van der Waals surface area contributed by atoms with Crippen molar-refractivity contribution in [1.82, 2.24) is 20.4 Å². The summed E-state index contributed by atoms with van der Waals surface area (Å²) in [5.74, 6) is -2.03. The number of aliphatic hydroxyl groups is 1. The highest BCUT2D eigenvalue weighted by molar-refractivity contribution is 6.00. The summed E-state index contributed by atoms with van der Waals surface area (Å²) in [6.45, 7) is 8.32. The first-order valence-electron chi connectivity index (χ1n) is 15.5. The molecule has 2 aromatic carbocycles. The molecule has 234 valence electrons. The molecule has 2 aromatic rings. The van der Waals surface area contributed by atoms with E-state index in [4.69, 9.17) is 0 Å². The van der Waals surface area contributed by atoms with Crippen molar-refractivity contribution >= 4 is 17.7 Å². The quantitative estimate of drug-likeness (QED) is 0.343. The Morgan fingerprint density at radius 1 is 1.07 bits per heavy atom. The van der Waals surface area contributed by atoms with Crippen LogP contribution >= 0.6 is 0 Å². The molecule has 3 amide bonds. The zero-order chi connectivity index (χ0) is 31.1. The summed E-state index contributed by atoms with van der Waals surface area (Å²) in [5.41, 5.74) is 1.69. The molecule has 4 rings (SSSR count). The van der Waals surface area contributed by atoms with Gasteiger partial charge in [-0.25, -0.2) is 8.78 Å². The van der Waals surface area contributed by atoms with Gasteiger partial charge in [0.25, 0.3) is 11.8 Å². The van der Waals surface area contributed by atoms with Crippen LogP contribution in [0.25, 0.3) is 0 Å². The number of rotatable bonds is 12. The fourth-order valence-electron chi connectivity index (χ4n) is 6.38. The number of carbonyl (C=O) groups is 3. The van der Waals surface area contributed by atoms with Crippen molar-refractivity contribution in [2.24, 2.45) is 0 Å². The number of aryl methyl sites for hydroxylation is 1. The van der Waals surface area contributed by atoms with Gasteiger partial charge in [-0.15, -0.1) is 0 Å². The monoisotopic (exact) mass is 598 g/mol. The number of hydrogen-bond donors (Lipinski definition) is 3. The minimum atomic E-state index is -1.12. The van der Waals surface area contributed by atoms with Crippen LogP contribution in [0.15, 0.2) is 36.4 Å². The van der Waals surface area contributed by atoms with E-state index in [2.05, 4.69) is 10.6 Å². The normalized spacial score (nSPS) is 20.1. The Labute approximate surface area is 252 Å². The van der Waals surface area contributed by atoms with E-state index in [1.807, 2.05) is 25.7 Å². The maximum absolute atomic E-state index is 14.1. The molecule has 0 aromatic heterocycles. The SMILES string of the molecule is CCCN(CCC)C(=O)c1cc(C)cc(C(=O)NC(Cc2cc(F)cc(F)c2)[C@H](O)C2CC(N3CCCC3=O)CCN2)c1. The van der Waals surface area contributed by atoms with Gasteiger partial charge in [-0.1, -0.05) is 13.8 Å². The van der Waals surface area contributed by atoms with E-state index >= 15 is 0 Å². The highest BCUT2D eigenvalue weighted by atomic mass is 19.1. The topological polar surface area (TPSA) is 102 Å². The van der Waals surface area contributed by atoms with Crippen LogP contribution in [0.3, 0.4) is 0 Å². The molecule has 2 saturated heterocycles. The van der Waals surface area contributed by atoms with Crippen molar-refractivity contribution in [2.75, 3.05) is 26.2 Å². The molecule has 10 heteroatoms. The maximum Gasteiger partial charge on any atom is 0.253 e. The van der Waals surface area contributed by atoms with E-state index in [0.717, 1.165) is 37.3 Å². The third-order valence-electron chi connectivity index (χ3n) is 8.34. The lowest BCUT2D eigenvalue weighted by atomic mass is 9.88. The van der Waals surface area contributed by atoms with E-state index in [-0.39, 0.29) is 29.8 Å². The first-order valence-corrected chi connectivity index (χ1v) is 15.5. The zero-order valence-electron chi connectivity index (χ0n) is 25.4. The van der Waals surface area contributed by atoms with E-state index in [1.54, 1.807) is 23.1 Å². The predicted molar refractivity (Wildman–Crippen MR) is 161 cm³/mol. The smallest absolute Gasteiger partial charge is 0.253 e. The zero-order valence-corrected chi connectivity index (χ0v) is 25.4. The molecule has 43 heavy (non-hydrogen) atoms. The Kier molecular flexibility index (Phi) is 11.3. The predicted octanol–water partition coefficient (Wildman–Crippen LogP) is 3.98. The number of benzene rings is 2. The summed E-state index contributed by atoms with van der Waals surface area (Å²) in [6.07, 6.45) is 3.07. The summed E-state index contributed by atoms with van der Waals surface area (Å²) in [7, 11) is 0. The summed E-state index contributed by atoms with van der Waals surface area (Å²) in [5, 5.41) is 17.8. The Bertz CT molecular complexity index is 1280. The summed E-state index contributed by atoms with van der Waals surface area (Å²) >= 11 is 0. The number of halogens is 2. The minimum absolute atomic E-state index is 0.0224. The van der Waals surface area contributed by atoms with Gasteiger partial charge in [-0.3, -0.25) is 14.4 Å². The highest BCUT2D eigenvalue weighted by Crippen LogP contribution is 2.25. The van der Waals surface area contributed by atoms with Crippen LogP contribution in [0, 0.1) is 18.6 Å². The van der Waals surface area contributed by atoms with Crippen molar-refractivity contribution < 1.29 is 28.3 Å². The molecular formula is C33H44F2N4O4. The second-order valence-electron chi connectivity index (χ2n) is 11.9. The summed E-state index contributed by atoms with van der Waals surface area (Å²) < 4.78 is 28.2. The van der Waals surface area contributed by atoms with E-state index in [9.17, 15) is 28.3 Å². The van der Waals surface area contributed by atoms with Crippen molar-refractivity contribution in [1.29, 1.82) is 0 Å². The molecular weight excluding hydrogens is 554 g/mol. The van der Waals surface area contributed by atoms with Crippen molar-refractivity contribution in [2.45, 2.75) is 89.9 Å². The average molecular weight is 599 g/mol. The number of nitrogens with zero attached hydrogens (tertiary/aromatic N) is 2. The van der Waals surface area contributed by atoms with Crippen molar-refractivity contribution in [3.05, 3.63) is 70.3 Å². The van der Waals surface area contributed by atoms with Gasteiger partial charge < -0.3 is 25.5 Å². The van der Waals surface area contributed by atoms with Crippen LogP contribution in [-0.4, -0.2) is 83.0 Å². The molecule has 0 radical (unpaired) electrons. The summed E-state index contributed by atoms with van der Waals surface area (Å²) in [6, 6.07) is 6.75. The van der Waals surface area contributed by atoms with Gasteiger partial charge in [-0.05, 0) is 93.5 Å². The fourth-order valence-corrected chi connectivity index (χ4v) is 6.38. The van der Waals surface area contributed by atoms with Crippen LogP contribution in [-0.2, 0) is 11.2 Å². The van der Waals surface area contributed by atoms with E-state index < -0.39 is 35.7 Å².